The van der Waals surface area contributed by atoms with E-state index in [0.29, 0.717) is 19.5 Å². The summed E-state index contributed by atoms with van der Waals surface area (Å²) >= 11 is 1.48. The Morgan fingerprint density at radius 2 is 1.88 bits per heavy atom. The lowest BCUT2D eigenvalue weighted by atomic mass is 9.90. The molecule has 4 rings (SSSR count). The molecule has 1 aromatic carbocycles. The van der Waals surface area contributed by atoms with Crippen LogP contribution in [0.5, 0.6) is 0 Å². The number of hydrogen-bond acceptors (Lipinski definition) is 8. The van der Waals surface area contributed by atoms with Crippen LogP contribution in [0.4, 0.5) is 13.2 Å². The number of carbonyl (C=O) groups is 2. The van der Waals surface area contributed by atoms with Gasteiger partial charge in [0.15, 0.2) is 0 Å². The Morgan fingerprint density at radius 1 is 1.14 bits per heavy atom. The number of pyridine rings is 1. The quantitative estimate of drug-likeness (QED) is 0.313. The molecule has 2 N–H and O–H groups in total. The minimum Gasteiger partial charge on any atom is -0.392 e. The van der Waals surface area contributed by atoms with Crippen molar-refractivity contribution in [2.45, 2.75) is 57.5 Å². The monoisotopic (exact) mass is 617 g/mol. The van der Waals surface area contributed by atoms with E-state index < -0.39 is 42.2 Å². The van der Waals surface area contributed by atoms with Crippen molar-refractivity contribution in [3.8, 4) is 10.6 Å². The van der Waals surface area contributed by atoms with Crippen LogP contribution in [-0.4, -0.2) is 87.6 Å². The van der Waals surface area contributed by atoms with Gasteiger partial charge in [-0.3, -0.25) is 24.4 Å². The van der Waals surface area contributed by atoms with Gasteiger partial charge in [-0.2, -0.15) is 13.2 Å². The van der Waals surface area contributed by atoms with Gasteiger partial charge in [0.25, 0.3) is 0 Å². The number of aliphatic hydroxyl groups excluding tert-OH is 1. The molecule has 2 aromatic heterocycles. The van der Waals surface area contributed by atoms with Crippen molar-refractivity contribution in [1.82, 2.24) is 25.1 Å². The van der Waals surface area contributed by atoms with Crippen molar-refractivity contribution in [3.63, 3.8) is 0 Å². The number of Topliss-reactive ketones (excluding diaryl/α,β-unsaturated/α-hetero) is 1. The Bertz CT molecular complexity index is 1350. The van der Waals surface area contributed by atoms with Crippen molar-refractivity contribution >= 4 is 23.0 Å². The van der Waals surface area contributed by atoms with Gasteiger partial charge < -0.3 is 10.4 Å². The summed E-state index contributed by atoms with van der Waals surface area (Å²) in [6.07, 6.45) is -1.43. The van der Waals surface area contributed by atoms with E-state index in [1.165, 1.54) is 18.3 Å². The molecule has 1 amide bonds. The first-order chi connectivity index (χ1) is 20.3. The number of carbonyl (C=O) groups excluding carboxylic acids is 2. The molecule has 1 saturated heterocycles. The molecule has 3 heterocycles. The number of amides is 1. The molecule has 1 fully saturated rings. The van der Waals surface area contributed by atoms with Gasteiger partial charge >= 0.3 is 6.18 Å². The smallest absolute Gasteiger partial charge is 0.392 e. The summed E-state index contributed by atoms with van der Waals surface area (Å²) in [7, 11) is 0. The molecule has 8 nitrogen and oxygen atoms in total. The molecule has 0 unspecified atom stereocenters. The first kappa shape index (κ1) is 32.7. The van der Waals surface area contributed by atoms with Crippen LogP contribution in [0.15, 0.2) is 60.2 Å². The van der Waals surface area contributed by atoms with Crippen LogP contribution in [0.25, 0.3) is 10.6 Å². The minimum atomic E-state index is -4.55. The van der Waals surface area contributed by atoms with Crippen LogP contribution in [0.1, 0.15) is 38.4 Å². The molecule has 232 valence electrons. The number of aliphatic hydroxyl groups is 1. The Labute approximate surface area is 254 Å². The number of halogens is 3. The summed E-state index contributed by atoms with van der Waals surface area (Å²) < 4.78 is 39.0. The zero-order chi connectivity index (χ0) is 31.2. The van der Waals surface area contributed by atoms with Crippen molar-refractivity contribution in [2.24, 2.45) is 5.92 Å². The molecule has 43 heavy (non-hydrogen) atoms. The van der Waals surface area contributed by atoms with Gasteiger partial charge in [-0.05, 0) is 51.3 Å². The highest BCUT2D eigenvalue weighted by Gasteiger charge is 2.41. The van der Waals surface area contributed by atoms with Crippen molar-refractivity contribution < 1.29 is 27.9 Å². The van der Waals surface area contributed by atoms with E-state index in [-0.39, 0.29) is 25.3 Å². The molecule has 0 spiro atoms. The number of ketones is 1. The predicted octanol–water partition coefficient (Wildman–Crippen LogP) is 4.30. The summed E-state index contributed by atoms with van der Waals surface area (Å²) in [5.74, 6) is -1.23. The second kappa shape index (κ2) is 14.1. The third-order valence-corrected chi connectivity index (χ3v) is 8.88. The maximum absolute atomic E-state index is 13.2. The van der Waals surface area contributed by atoms with Crippen molar-refractivity contribution in [2.75, 3.05) is 32.7 Å². The van der Waals surface area contributed by atoms with E-state index in [0.717, 1.165) is 21.8 Å². The first-order valence-electron chi connectivity index (χ1n) is 14.3. The summed E-state index contributed by atoms with van der Waals surface area (Å²) in [4.78, 5) is 38.3. The van der Waals surface area contributed by atoms with Crippen LogP contribution >= 0.6 is 11.3 Å². The number of nitrogens with zero attached hydrogens (tertiary/aromatic N) is 4. The lowest BCUT2D eigenvalue weighted by Crippen LogP contribution is -2.63. The lowest BCUT2D eigenvalue weighted by Gasteiger charge is -2.47. The SMILES string of the molecule is CC(=O)[C@H](Cc1ccccc1)C[C@H](O)CN1CCN(C(C)(C)c2csc(-c3cccnc3)n2)C[C@H]1C(=O)NCC(F)(F)F. The fraction of sp³-hybridized carbons (Fsp3) is 0.484. The van der Waals surface area contributed by atoms with Crippen molar-refractivity contribution in [3.05, 3.63) is 71.5 Å². The Kier molecular flexibility index (Phi) is 10.7. The number of benzene rings is 1. The van der Waals surface area contributed by atoms with Gasteiger partial charge in [-0.25, -0.2) is 4.98 Å². The van der Waals surface area contributed by atoms with E-state index in [9.17, 15) is 27.9 Å². The maximum atomic E-state index is 13.2. The molecular formula is C31H38F3N5O3S. The highest BCUT2D eigenvalue weighted by Crippen LogP contribution is 2.34. The van der Waals surface area contributed by atoms with Crippen LogP contribution in [0, 0.1) is 5.92 Å². The van der Waals surface area contributed by atoms with Crippen LogP contribution in [0.2, 0.25) is 0 Å². The maximum Gasteiger partial charge on any atom is 0.405 e. The number of piperazine rings is 1. The Morgan fingerprint density at radius 3 is 2.53 bits per heavy atom. The number of nitrogens with one attached hydrogen (secondary N) is 1. The molecule has 1 aliphatic rings. The van der Waals surface area contributed by atoms with Crippen LogP contribution in [0.3, 0.4) is 0 Å². The molecule has 1 aliphatic heterocycles. The topological polar surface area (TPSA) is 98.7 Å². The lowest BCUT2D eigenvalue weighted by molar-refractivity contribution is -0.144. The van der Waals surface area contributed by atoms with E-state index in [1.54, 1.807) is 17.3 Å². The largest absolute Gasteiger partial charge is 0.405 e. The first-order valence-corrected chi connectivity index (χ1v) is 15.1. The van der Waals surface area contributed by atoms with E-state index in [1.807, 2.05) is 71.9 Å². The van der Waals surface area contributed by atoms with Crippen LogP contribution in [-0.2, 0) is 21.5 Å². The third kappa shape index (κ3) is 8.91. The third-order valence-electron chi connectivity index (χ3n) is 7.99. The number of β-amino-alcohol motifs (C(OH)–C–C–N with tert-alkyl or cyclic N) is 1. The molecule has 0 saturated carbocycles. The molecule has 0 radical (unpaired) electrons. The Hall–Kier alpha value is -3.19. The molecular weight excluding hydrogens is 579 g/mol. The van der Waals surface area contributed by atoms with E-state index >= 15 is 0 Å². The summed E-state index contributed by atoms with van der Waals surface area (Å²) in [6, 6.07) is 12.3. The van der Waals surface area contributed by atoms with Crippen molar-refractivity contribution in [1.29, 1.82) is 0 Å². The fourth-order valence-electron chi connectivity index (χ4n) is 5.40. The summed E-state index contributed by atoms with van der Waals surface area (Å²) in [5, 5.41) is 15.8. The average Bonchev–Trinajstić information content (AvgIpc) is 3.48. The van der Waals surface area contributed by atoms with E-state index in [2.05, 4.69) is 4.98 Å². The average molecular weight is 618 g/mol. The number of aromatic nitrogens is 2. The Balaban J connectivity index is 1.48. The zero-order valence-electron chi connectivity index (χ0n) is 24.6. The van der Waals surface area contributed by atoms with Gasteiger partial charge in [0.1, 0.15) is 23.4 Å². The zero-order valence-corrected chi connectivity index (χ0v) is 25.4. The minimum absolute atomic E-state index is 0.0529. The van der Waals surface area contributed by atoms with Crippen LogP contribution < -0.4 is 5.32 Å². The summed E-state index contributed by atoms with van der Waals surface area (Å²) in [6.45, 7) is 5.05. The second-order valence-electron chi connectivity index (χ2n) is 11.5. The van der Waals surface area contributed by atoms with Gasteiger partial charge in [0, 0.05) is 55.4 Å². The normalized spacial score (nSPS) is 18.3. The van der Waals surface area contributed by atoms with Gasteiger partial charge in [-0.1, -0.05) is 30.3 Å². The fourth-order valence-corrected chi connectivity index (χ4v) is 6.38. The van der Waals surface area contributed by atoms with Gasteiger partial charge in [0.05, 0.1) is 17.3 Å². The highest BCUT2D eigenvalue weighted by atomic mass is 32.1. The highest BCUT2D eigenvalue weighted by molar-refractivity contribution is 7.13. The molecule has 12 heteroatoms. The second-order valence-corrected chi connectivity index (χ2v) is 12.4. The molecule has 0 bridgehead atoms. The number of alkyl halides is 3. The number of hydrogen-bond donors (Lipinski definition) is 2. The summed E-state index contributed by atoms with van der Waals surface area (Å²) in [5.41, 5.74) is 2.02. The van der Waals surface area contributed by atoms with E-state index in [4.69, 9.17) is 4.98 Å². The predicted molar refractivity (Wildman–Crippen MR) is 159 cm³/mol. The molecule has 0 aliphatic carbocycles. The number of rotatable bonds is 12. The molecule has 3 aromatic rings. The van der Waals surface area contributed by atoms with Gasteiger partial charge in [-0.15, -0.1) is 11.3 Å². The number of thiazole rings is 1. The molecule has 3 atom stereocenters. The standard InChI is InChI=1S/C31H38F3N5O3S/c1-21(40)24(14-22-8-5-4-6-9-22)15-25(41)17-38-12-13-39(18-26(38)28(42)36-20-31(32,33)34)30(2,3)27-19-43-29(37-27)23-10-7-11-35-16-23/h4-11,16,19,24-26,41H,12-15,17-18,20H2,1-3H3,(H,36,42)/t24-,25+,26+/m1/s1. The van der Waals surface area contributed by atoms with Gasteiger partial charge in [0.2, 0.25) is 5.91 Å².